The molecule has 2 aromatic heterocycles. The zero-order valence-corrected chi connectivity index (χ0v) is 57.5. The lowest BCUT2D eigenvalue weighted by Gasteiger charge is -2.44. The lowest BCUT2D eigenvalue weighted by molar-refractivity contribution is 0.216. The van der Waals surface area contributed by atoms with Crippen molar-refractivity contribution in [1.29, 1.82) is 0 Å². The Morgan fingerprint density at radius 2 is 0.857 bits per heavy atom. The Morgan fingerprint density at radius 3 is 1.33 bits per heavy atom. The van der Waals surface area contributed by atoms with E-state index in [1.807, 2.05) is 26.0 Å². The first-order valence-corrected chi connectivity index (χ1v) is 35.0. The molecule has 0 fully saturated rings. The number of nitrogens with zero attached hydrogens (tertiary/aromatic N) is 3. The SMILES string of the molecule is C=c1n(CC)c(=O)c(=Cc2ccc(/C=C/c3ccc(N(c4ccc(-c5ccc(-c6ccc(C(C)(C)C)cc6)cc5)cc4)c4ccc(-c5ccc6c(c5)C([C@@H](C)CCCCCCC)([C@@H](C)CCCCCCC)c5cc(C(C)(C)C)ccc5-6)cc4)cc3)s2)c(=O)n1CC. The van der Waals surface area contributed by atoms with Crippen LogP contribution in [0.5, 0.6) is 0 Å². The van der Waals surface area contributed by atoms with Crippen LogP contribution >= 0.6 is 11.3 Å². The second-order valence-corrected chi connectivity index (χ2v) is 29.1. The second-order valence-electron chi connectivity index (χ2n) is 27.9. The average Bonchev–Trinajstić information content (AvgIpc) is 1.55. The maximum atomic E-state index is 13.4. The van der Waals surface area contributed by atoms with Crippen molar-refractivity contribution >= 4 is 53.2 Å². The Morgan fingerprint density at radius 1 is 0.462 bits per heavy atom. The minimum absolute atomic E-state index is 0.0430. The van der Waals surface area contributed by atoms with Crippen molar-refractivity contribution in [2.24, 2.45) is 11.8 Å². The van der Waals surface area contributed by atoms with Crippen molar-refractivity contribution in [2.45, 2.75) is 189 Å². The van der Waals surface area contributed by atoms with Gasteiger partial charge in [-0.1, -0.05) is 261 Å². The molecule has 2 atom stereocenters. The van der Waals surface area contributed by atoms with E-state index in [-0.39, 0.29) is 32.6 Å². The summed E-state index contributed by atoms with van der Waals surface area (Å²) in [5.41, 5.74) is 20.1. The van der Waals surface area contributed by atoms with Gasteiger partial charge in [-0.05, 0) is 188 Å². The molecule has 0 bridgehead atoms. The van der Waals surface area contributed by atoms with Gasteiger partial charge in [0.05, 0.1) is 0 Å². The molecule has 5 nitrogen and oxygen atoms in total. The number of fused-ring (bicyclic) bond motifs is 3. The molecule has 6 heteroatoms. The molecule has 0 amide bonds. The molecule has 7 aromatic carbocycles. The smallest absolute Gasteiger partial charge is 0.265 e. The molecule has 0 radical (unpaired) electrons. The Kier molecular flexibility index (Phi) is 20.9. The lowest BCUT2D eigenvalue weighted by Crippen LogP contribution is -2.57. The first kappa shape index (κ1) is 66.1. The zero-order valence-electron chi connectivity index (χ0n) is 56.7. The Bertz CT molecular complexity index is 4140. The van der Waals surface area contributed by atoms with Crippen LogP contribution in [0.3, 0.4) is 0 Å². The van der Waals surface area contributed by atoms with Crippen molar-refractivity contribution in [3.05, 3.63) is 239 Å². The number of hydrogen-bond donors (Lipinski definition) is 0. The van der Waals surface area contributed by atoms with Gasteiger partial charge >= 0.3 is 0 Å². The molecular weight excluding hydrogens is 1130 g/mol. The van der Waals surface area contributed by atoms with E-state index >= 15 is 0 Å². The fourth-order valence-corrected chi connectivity index (χ4v) is 15.2. The highest BCUT2D eigenvalue weighted by molar-refractivity contribution is 7.13. The summed E-state index contributed by atoms with van der Waals surface area (Å²) in [6.45, 7) is 32.5. The summed E-state index contributed by atoms with van der Waals surface area (Å²) in [6, 6.07) is 64.0. The van der Waals surface area contributed by atoms with Crippen LogP contribution < -0.4 is 26.7 Å². The van der Waals surface area contributed by atoms with Crippen molar-refractivity contribution in [3.63, 3.8) is 0 Å². The molecule has 2 heterocycles. The number of rotatable bonds is 25. The van der Waals surface area contributed by atoms with E-state index in [9.17, 15) is 9.59 Å². The first-order valence-electron chi connectivity index (χ1n) is 34.2. The Hall–Kier alpha value is -7.80. The van der Waals surface area contributed by atoms with E-state index < -0.39 is 0 Å². The predicted molar refractivity (Wildman–Crippen MR) is 394 cm³/mol. The molecule has 1 aliphatic carbocycles. The highest BCUT2D eigenvalue weighted by Crippen LogP contribution is 2.60. The maximum Gasteiger partial charge on any atom is 0.265 e. The van der Waals surface area contributed by atoms with Gasteiger partial charge in [-0.2, -0.15) is 0 Å². The molecule has 0 aliphatic heterocycles. The maximum absolute atomic E-state index is 13.4. The summed E-state index contributed by atoms with van der Waals surface area (Å²) >= 11 is 1.55. The normalized spacial score (nSPS) is 13.5. The van der Waals surface area contributed by atoms with Crippen LogP contribution in [0.15, 0.2) is 179 Å². The van der Waals surface area contributed by atoms with E-state index in [0.717, 1.165) is 37.9 Å². The van der Waals surface area contributed by atoms with Gasteiger partial charge in [-0.15, -0.1) is 11.3 Å². The monoisotopic (exact) mass is 1230 g/mol. The van der Waals surface area contributed by atoms with Gasteiger partial charge in [-0.3, -0.25) is 18.7 Å². The van der Waals surface area contributed by atoms with Crippen LogP contribution in [0.25, 0.3) is 69.3 Å². The Labute approximate surface area is 548 Å². The zero-order chi connectivity index (χ0) is 64.6. The van der Waals surface area contributed by atoms with Gasteiger partial charge in [-0.25, -0.2) is 0 Å². The highest BCUT2D eigenvalue weighted by Gasteiger charge is 2.50. The third-order valence-corrected chi connectivity index (χ3v) is 20.7. The summed E-state index contributed by atoms with van der Waals surface area (Å²) in [7, 11) is 0. The average molecular weight is 1230 g/mol. The van der Waals surface area contributed by atoms with Gasteiger partial charge in [0.25, 0.3) is 11.1 Å². The number of thiophene rings is 1. The number of aromatic nitrogens is 2. The number of unbranched alkanes of at least 4 members (excludes halogenated alkanes) is 8. The van der Waals surface area contributed by atoms with Gasteiger partial charge < -0.3 is 4.90 Å². The van der Waals surface area contributed by atoms with Crippen molar-refractivity contribution < 1.29 is 0 Å². The fraction of sp³-hybridized carbons (Fsp3) is 0.365. The van der Waals surface area contributed by atoms with Gasteiger partial charge in [0.1, 0.15) is 10.7 Å². The number of benzene rings is 7. The molecule has 91 heavy (non-hydrogen) atoms. The van der Waals surface area contributed by atoms with Crippen molar-refractivity contribution in [2.75, 3.05) is 4.90 Å². The van der Waals surface area contributed by atoms with Gasteiger partial charge in [0.15, 0.2) is 0 Å². The van der Waals surface area contributed by atoms with Crippen molar-refractivity contribution in [3.8, 4) is 44.5 Å². The topological polar surface area (TPSA) is 47.2 Å². The molecule has 472 valence electrons. The summed E-state index contributed by atoms with van der Waals surface area (Å²) < 4.78 is 3.14. The third-order valence-electron chi connectivity index (χ3n) is 19.7. The van der Waals surface area contributed by atoms with Crippen LogP contribution in [0.2, 0.25) is 0 Å². The minimum Gasteiger partial charge on any atom is -0.311 e. The summed E-state index contributed by atoms with van der Waals surface area (Å²) in [4.78, 5) is 31.1. The second kappa shape index (κ2) is 28.8. The molecule has 1 aliphatic rings. The molecule has 0 unspecified atom stereocenters. The fourth-order valence-electron chi connectivity index (χ4n) is 14.3. The third kappa shape index (κ3) is 14.3. The van der Waals surface area contributed by atoms with Gasteiger partial charge in [0, 0.05) is 45.3 Å². The van der Waals surface area contributed by atoms with Gasteiger partial charge in [0.2, 0.25) is 0 Å². The quantitative estimate of drug-likeness (QED) is 0.0536. The summed E-state index contributed by atoms with van der Waals surface area (Å²) in [5.74, 6) is 0.955. The van der Waals surface area contributed by atoms with Crippen LogP contribution in [-0.2, 0) is 29.3 Å². The molecular formula is C85H99N3O2S. The Balaban J connectivity index is 0.993. The van der Waals surface area contributed by atoms with Crippen LogP contribution in [0.1, 0.15) is 198 Å². The van der Waals surface area contributed by atoms with Crippen LogP contribution in [0.4, 0.5) is 17.1 Å². The van der Waals surface area contributed by atoms with E-state index in [1.165, 1.54) is 133 Å². The van der Waals surface area contributed by atoms with Crippen LogP contribution in [-0.4, -0.2) is 9.13 Å². The van der Waals surface area contributed by atoms with E-state index in [4.69, 9.17) is 0 Å². The molecule has 9 aromatic rings. The minimum atomic E-state index is -0.305. The molecule has 0 saturated carbocycles. The lowest BCUT2D eigenvalue weighted by atomic mass is 9.59. The number of hydrogen-bond acceptors (Lipinski definition) is 4. The standard InChI is InChI=1S/C85H99N3O2S/c1-14-18-20-22-24-26-59(5)85(60(6)27-25-23-21-19-15-2)79-56-68(41-54-76(79)77-55-44-70(57-80(77)85)84(11,12)13)67-39-49-73(50-40-67)88(72-47-37-66(38-48-72)64-33-31-63(32-34-64)65-35-42-69(43-36-65)83(8,9)10)71-45-28-62(29-46-71)30-51-74-52-53-75(91-74)58-78-81(89)86(16-3)61(7)87(17-4)82(78)90/h28-60H,7,14-27H2,1-6,8-13H3/b51-30+/t59-,60-/m0/s1. The molecule has 0 N–H and O–H groups in total. The van der Waals surface area contributed by atoms with E-state index in [2.05, 4.69) is 251 Å². The van der Waals surface area contributed by atoms with Crippen LogP contribution in [0, 0.1) is 11.8 Å². The number of anilines is 3. The predicted octanol–water partition coefficient (Wildman–Crippen LogP) is 21.8. The van der Waals surface area contributed by atoms with E-state index in [1.54, 1.807) is 32.1 Å². The first-order chi connectivity index (χ1) is 43.8. The largest absolute Gasteiger partial charge is 0.311 e. The van der Waals surface area contributed by atoms with Crippen molar-refractivity contribution in [1.82, 2.24) is 9.13 Å². The summed E-state index contributed by atoms with van der Waals surface area (Å²) in [6.07, 6.45) is 21.4. The van der Waals surface area contributed by atoms with E-state index in [0.29, 0.717) is 30.4 Å². The molecule has 0 saturated heterocycles. The highest BCUT2D eigenvalue weighted by atomic mass is 32.1. The molecule has 0 spiro atoms. The summed E-state index contributed by atoms with van der Waals surface area (Å²) in [5, 5.41) is 0.165. The molecule has 10 rings (SSSR count).